The molecule has 0 saturated heterocycles. The van der Waals surface area contributed by atoms with E-state index in [-0.39, 0.29) is 57.5 Å². The lowest BCUT2D eigenvalue weighted by atomic mass is 9.93. The van der Waals surface area contributed by atoms with E-state index in [4.69, 9.17) is 24.1 Å². The van der Waals surface area contributed by atoms with Crippen LogP contribution in [0, 0.1) is 5.41 Å². The average Bonchev–Trinajstić information content (AvgIpc) is 2.84. The molecule has 0 aromatic rings. The molecular formula is C28H51N3O10. The van der Waals surface area contributed by atoms with E-state index in [0.717, 1.165) is 6.42 Å². The summed E-state index contributed by atoms with van der Waals surface area (Å²) in [7, 11) is 1.55. The third kappa shape index (κ3) is 22.7. The number of carbonyl (C=O) groups excluding carboxylic acids is 4. The van der Waals surface area contributed by atoms with Crippen molar-refractivity contribution < 1.29 is 48.0 Å². The smallest absolute Gasteiger partial charge is 0.303 e. The minimum atomic E-state index is -1.11. The van der Waals surface area contributed by atoms with Crippen LogP contribution in [0.4, 0.5) is 0 Å². The topological polar surface area (TPSA) is 179 Å². The van der Waals surface area contributed by atoms with Crippen LogP contribution in [0.1, 0.15) is 73.1 Å². The molecule has 13 heteroatoms. The first-order chi connectivity index (χ1) is 19.2. The second-order valence-electron chi connectivity index (χ2n) is 11.5. The Labute approximate surface area is 243 Å². The number of carboxylic acid groups (broad SMARTS) is 1. The molecule has 0 aromatic heterocycles. The van der Waals surface area contributed by atoms with Crippen LogP contribution in [0.25, 0.3) is 0 Å². The fraction of sp³-hybridized carbons (Fsp3) is 0.821. The minimum absolute atomic E-state index is 0.122. The molecule has 0 rings (SSSR count). The molecule has 13 nitrogen and oxygen atoms in total. The number of ether oxygens (including phenoxy) is 4. The number of methoxy groups -OCH3 is 1. The summed E-state index contributed by atoms with van der Waals surface area (Å²) in [4.78, 5) is 59.9. The summed E-state index contributed by atoms with van der Waals surface area (Å²) in [5, 5.41) is 16.9. The van der Waals surface area contributed by atoms with E-state index in [2.05, 4.69) is 36.7 Å². The largest absolute Gasteiger partial charge is 0.481 e. The molecule has 0 aliphatic rings. The Morgan fingerprint density at radius 2 is 1.54 bits per heavy atom. The maximum atomic E-state index is 12.8. The number of hydrogen-bond donors (Lipinski definition) is 4. The van der Waals surface area contributed by atoms with Gasteiger partial charge in [0.25, 0.3) is 0 Å². The van der Waals surface area contributed by atoms with E-state index in [9.17, 15) is 24.0 Å². The van der Waals surface area contributed by atoms with Crippen LogP contribution in [0.5, 0.6) is 0 Å². The van der Waals surface area contributed by atoms with Crippen molar-refractivity contribution >= 4 is 30.0 Å². The van der Waals surface area contributed by atoms with Crippen LogP contribution >= 0.6 is 0 Å². The van der Waals surface area contributed by atoms with Gasteiger partial charge in [0.05, 0.1) is 32.0 Å². The summed E-state index contributed by atoms with van der Waals surface area (Å²) >= 11 is 0. The van der Waals surface area contributed by atoms with Gasteiger partial charge in [0.15, 0.2) is 0 Å². The van der Waals surface area contributed by atoms with Crippen molar-refractivity contribution in [3.63, 3.8) is 0 Å². The number of carboxylic acids is 1. The molecule has 4 N–H and O–H groups in total. The van der Waals surface area contributed by atoms with Crippen LogP contribution in [0.3, 0.4) is 0 Å². The normalized spacial score (nSPS) is 13.2. The van der Waals surface area contributed by atoms with Gasteiger partial charge in [-0.15, -0.1) is 0 Å². The Morgan fingerprint density at radius 3 is 2.15 bits per heavy atom. The lowest BCUT2D eigenvalue weighted by Gasteiger charge is -2.28. The molecule has 0 bridgehead atoms. The summed E-state index contributed by atoms with van der Waals surface area (Å²) in [5.41, 5.74) is -0.347. The van der Waals surface area contributed by atoms with E-state index in [1.54, 1.807) is 7.11 Å². The fourth-order valence-electron chi connectivity index (χ4n) is 3.44. The van der Waals surface area contributed by atoms with Crippen molar-refractivity contribution in [3.8, 4) is 0 Å². The Bertz CT molecular complexity index is 798. The Hall–Kier alpha value is -2.61. The maximum absolute atomic E-state index is 12.8. The van der Waals surface area contributed by atoms with E-state index < -0.39 is 41.4 Å². The lowest BCUT2D eigenvalue weighted by molar-refractivity contribution is -0.138. The Balaban J connectivity index is 4.82. The quantitative estimate of drug-likeness (QED) is 0.0945. The van der Waals surface area contributed by atoms with Crippen LogP contribution in [-0.2, 0) is 42.9 Å². The molecule has 0 radical (unpaired) electrons. The molecule has 3 amide bonds. The van der Waals surface area contributed by atoms with Crippen molar-refractivity contribution in [1.82, 2.24) is 16.0 Å². The molecule has 2 unspecified atom stereocenters. The fourth-order valence-corrected chi connectivity index (χ4v) is 3.44. The lowest BCUT2D eigenvalue weighted by Crippen LogP contribution is -2.49. The zero-order valence-corrected chi connectivity index (χ0v) is 25.5. The van der Waals surface area contributed by atoms with E-state index in [1.807, 2.05) is 13.8 Å². The van der Waals surface area contributed by atoms with Gasteiger partial charge in [-0.25, -0.2) is 0 Å². The zero-order valence-electron chi connectivity index (χ0n) is 25.5. The van der Waals surface area contributed by atoms with E-state index in [1.165, 1.54) is 0 Å². The van der Waals surface area contributed by atoms with Crippen molar-refractivity contribution in [3.05, 3.63) is 0 Å². The molecule has 0 aromatic carbocycles. The third-order valence-corrected chi connectivity index (χ3v) is 5.88. The predicted molar refractivity (Wildman–Crippen MR) is 151 cm³/mol. The summed E-state index contributed by atoms with van der Waals surface area (Å²) in [6.45, 7) is 12.1. The minimum Gasteiger partial charge on any atom is -0.481 e. The number of nitrogens with one attached hydrogen (secondary N) is 3. The molecule has 238 valence electrons. The molecule has 2 atom stereocenters. The molecule has 0 heterocycles. The number of aldehydes is 1. The van der Waals surface area contributed by atoms with Gasteiger partial charge in [0.2, 0.25) is 17.7 Å². The number of rotatable bonds is 24. The van der Waals surface area contributed by atoms with E-state index >= 15 is 0 Å². The highest BCUT2D eigenvalue weighted by Crippen LogP contribution is 2.21. The SMILES string of the molecule is COCCOCCOCC(=O)NC(CC=O)CC(=O)NC(CCC(=O)O)C(=O)NCCC(C)(C)OCCC(C)(C)C. The Morgan fingerprint density at radius 1 is 0.878 bits per heavy atom. The zero-order chi connectivity index (χ0) is 31.3. The van der Waals surface area contributed by atoms with Gasteiger partial charge < -0.3 is 44.8 Å². The van der Waals surface area contributed by atoms with Crippen LogP contribution < -0.4 is 16.0 Å². The van der Waals surface area contributed by atoms with Gasteiger partial charge in [0.1, 0.15) is 18.9 Å². The highest BCUT2D eigenvalue weighted by molar-refractivity contribution is 5.88. The first-order valence-electron chi connectivity index (χ1n) is 14.0. The monoisotopic (exact) mass is 589 g/mol. The summed E-state index contributed by atoms with van der Waals surface area (Å²) in [6, 6.07) is -1.92. The van der Waals surface area contributed by atoms with Crippen LogP contribution in [-0.4, -0.2) is 106 Å². The standard InChI is InChI=1S/C28H51N3O10/c1-27(2,3)11-14-41-28(4,5)10-12-29-26(37)22(7-8-25(35)36)31-23(33)19-21(9-13-32)30-24(34)20-40-18-17-39-16-15-38-6/h13,21-22H,7-12,14-20H2,1-6H3,(H,29,37)(H,30,34)(H,31,33)(H,35,36). The van der Waals surface area contributed by atoms with Gasteiger partial charge in [-0.05, 0) is 38.5 Å². The van der Waals surface area contributed by atoms with Gasteiger partial charge in [-0.1, -0.05) is 20.8 Å². The number of hydrogen-bond acceptors (Lipinski definition) is 9. The maximum Gasteiger partial charge on any atom is 0.303 e. The summed E-state index contributed by atoms with van der Waals surface area (Å²) in [5.74, 6) is -2.77. The van der Waals surface area contributed by atoms with Crippen molar-refractivity contribution in [2.24, 2.45) is 5.41 Å². The first-order valence-corrected chi connectivity index (χ1v) is 14.0. The molecule has 0 aliphatic carbocycles. The second kappa shape index (κ2) is 21.1. The van der Waals surface area contributed by atoms with Gasteiger partial charge >= 0.3 is 5.97 Å². The van der Waals surface area contributed by atoms with Gasteiger partial charge in [0, 0.05) is 45.6 Å². The summed E-state index contributed by atoms with van der Waals surface area (Å²) in [6.07, 6.45) is 1.10. The summed E-state index contributed by atoms with van der Waals surface area (Å²) < 4.78 is 21.3. The molecule has 0 aliphatic heterocycles. The predicted octanol–water partition coefficient (Wildman–Crippen LogP) is 1.22. The molecular weight excluding hydrogens is 538 g/mol. The highest BCUT2D eigenvalue weighted by Gasteiger charge is 2.25. The molecule has 0 saturated carbocycles. The molecule has 41 heavy (non-hydrogen) atoms. The van der Waals surface area contributed by atoms with Crippen molar-refractivity contribution in [2.45, 2.75) is 90.8 Å². The Kier molecular flexibility index (Phi) is 19.8. The van der Waals surface area contributed by atoms with Crippen molar-refractivity contribution in [2.75, 3.05) is 53.3 Å². The molecule has 0 spiro atoms. The average molecular weight is 590 g/mol. The van der Waals surface area contributed by atoms with Gasteiger partial charge in [-0.2, -0.15) is 0 Å². The van der Waals surface area contributed by atoms with Gasteiger partial charge in [-0.3, -0.25) is 19.2 Å². The highest BCUT2D eigenvalue weighted by atomic mass is 16.5. The second-order valence-corrected chi connectivity index (χ2v) is 11.5. The molecule has 0 fully saturated rings. The third-order valence-electron chi connectivity index (χ3n) is 5.88. The number of carbonyl (C=O) groups is 5. The number of aliphatic carboxylic acids is 1. The van der Waals surface area contributed by atoms with E-state index in [0.29, 0.717) is 32.5 Å². The first kappa shape index (κ1) is 38.4. The van der Waals surface area contributed by atoms with Crippen LogP contribution in [0.2, 0.25) is 0 Å². The van der Waals surface area contributed by atoms with Crippen molar-refractivity contribution in [1.29, 1.82) is 0 Å². The van der Waals surface area contributed by atoms with Crippen LogP contribution in [0.15, 0.2) is 0 Å². The number of amides is 3.